The van der Waals surface area contributed by atoms with Gasteiger partial charge in [-0.1, -0.05) is 11.6 Å². The molecule has 1 aromatic rings. The Morgan fingerprint density at radius 3 is 2.65 bits per heavy atom. The maximum Gasteiger partial charge on any atom is 0.228 e. The van der Waals surface area contributed by atoms with Crippen molar-refractivity contribution in [3.05, 3.63) is 29.3 Å². The number of rotatable bonds is 2. The van der Waals surface area contributed by atoms with Gasteiger partial charge in [0, 0.05) is 49.4 Å². The lowest BCUT2D eigenvalue weighted by atomic mass is 10.1. The van der Waals surface area contributed by atoms with Gasteiger partial charge in [0.1, 0.15) is 0 Å². The SMILES string of the molecule is C[C@H]1CNCCN1C(=O)C1CC(=O)N(c2ccc(Cl)cc2)C1.Cl. The van der Waals surface area contributed by atoms with Gasteiger partial charge in [0.25, 0.3) is 0 Å². The smallest absolute Gasteiger partial charge is 0.228 e. The van der Waals surface area contributed by atoms with Gasteiger partial charge in [0.05, 0.1) is 5.92 Å². The highest BCUT2D eigenvalue weighted by molar-refractivity contribution is 6.30. The third-order valence-electron chi connectivity index (χ3n) is 4.40. The number of amides is 2. The topological polar surface area (TPSA) is 52.7 Å². The van der Waals surface area contributed by atoms with Crippen LogP contribution in [0.5, 0.6) is 0 Å². The summed E-state index contributed by atoms with van der Waals surface area (Å²) in [6.07, 6.45) is 0.290. The minimum atomic E-state index is -0.247. The van der Waals surface area contributed by atoms with E-state index in [-0.39, 0.29) is 42.6 Å². The Morgan fingerprint density at radius 1 is 1.30 bits per heavy atom. The summed E-state index contributed by atoms with van der Waals surface area (Å²) in [7, 11) is 0. The highest BCUT2D eigenvalue weighted by Gasteiger charge is 2.38. The average molecular weight is 358 g/mol. The summed E-state index contributed by atoms with van der Waals surface area (Å²) in [5.74, 6) is -0.147. The van der Waals surface area contributed by atoms with Crippen molar-refractivity contribution >= 4 is 41.5 Å². The van der Waals surface area contributed by atoms with E-state index in [4.69, 9.17) is 11.6 Å². The summed E-state index contributed by atoms with van der Waals surface area (Å²) >= 11 is 5.88. The van der Waals surface area contributed by atoms with Crippen molar-refractivity contribution in [2.24, 2.45) is 5.92 Å². The predicted octanol–water partition coefficient (Wildman–Crippen LogP) is 1.94. The molecule has 1 N–H and O–H groups in total. The van der Waals surface area contributed by atoms with E-state index in [1.807, 2.05) is 24.0 Å². The number of carbonyl (C=O) groups is 2. The van der Waals surface area contributed by atoms with Gasteiger partial charge >= 0.3 is 0 Å². The summed E-state index contributed by atoms with van der Waals surface area (Å²) in [6, 6.07) is 7.34. The lowest BCUT2D eigenvalue weighted by Gasteiger charge is -2.35. The number of nitrogens with one attached hydrogen (secondary N) is 1. The van der Waals surface area contributed by atoms with E-state index in [0.29, 0.717) is 18.1 Å². The van der Waals surface area contributed by atoms with Crippen LogP contribution in [0.3, 0.4) is 0 Å². The molecule has 7 heteroatoms. The minimum Gasteiger partial charge on any atom is -0.337 e. The number of nitrogens with zero attached hydrogens (tertiary/aromatic N) is 2. The fourth-order valence-corrected chi connectivity index (χ4v) is 3.27. The van der Waals surface area contributed by atoms with Crippen molar-refractivity contribution in [1.29, 1.82) is 0 Å². The van der Waals surface area contributed by atoms with Gasteiger partial charge in [0.15, 0.2) is 0 Å². The molecule has 5 nitrogen and oxygen atoms in total. The summed E-state index contributed by atoms with van der Waals surface area (Å²) < 4.78 is 0. The Bertz CT molecular complexity index is 579. The molecule has 1 aromatic carbocycles. The van der Waals surface area contributed by atoms with Gasteiger partial charge in [-0.2, -0.15) is 0 Å². The molecule has 2 amide bonds. The minimum absolute atomic E-state index is 0. The maximum absolute atomic E-state index is 12.7. The number of hydrogen-bond acceptors (Lipinski definition) is 3. The average Bonchev–Trinajstić information content (AvgIpc) is 2.90. The van der Waals surface area contributed by atoms with E-state index in [9.17, 15) is 9.59 Å². The molecule has 126 valence electrons. The van der Waals surface area contributed by atoms with Crippen molar-refractivity contribution in [2.75, 3.05) is 31.1 Å². The molecule has 1 unspecified atom stereocenters. The summed E-state index contributed by atoms with van der Waals surface area (Å²) in [5.41, 5.74) is 0.804. The largest absolute Gasteiger partial charge is 0.337 e. The Labute approximate surface area is 147 Å². The van der Waals surface area contributed by atoms with E-state index < -0.39 is 0 Å². The molecule has 2 fully saturated rings. The normalized spacial score (nSPS) is 24.5. The van der Waals surface area contributed by atoms with Gasteiger partial charge in [-0.05, 0) is 31.2 Å². The predicted molar refractivity (Wildman–Crippen MR) is 93.2 cm³/mol. The van der Waals surface area contributed by atoms with Crippen molar-refractivity contribution in [3.63, 3.8) is 0 Å². The standard InChI is InChI=1S/C16H20ClN3O2.ClH/c1-11-9-18-6-7-19(11)16(22)12-8-15(21)20(10-12)14-4-2-13(17)3-5-14;/h2-5,11-12,18H,6-10H2,1H3;1H/t11-,12?;/m0./s1. The van der Waals surface area contributed by atoms with Gasteiger partial charge < -0.3 is 15.1 Å². The number of carbonyl (C=O) groups excluding carboxylic acids is 2. The first-order valence-corrected chi connectivity index (χ1v) is 8.01. The highest BCUT2D eigenvalue weighted by atomic mass is 35.5. The van der Waals surface area contributed by atoms with Gasteiger partial charge in [-0.25, -0.2) is 0 Å². The highest BCUT2D eigenvalue weighted by Crippen LogP contribution is 2.27. The second-order valence-electron chi connectivity index (χ2n) is 5.97. The monoisotopic (exact) mass is 357 g/mol. The number of anilines is 1. The zero-order valence-electron chi connectivity index (χ0n) is 13.0. The second kappa shape index (κ2) is 7.51. The van der Waals surface area contributed by atoms with Crippen molar-refractivity contribution in [1.82, 2.24) is 10.2 Å². The van der Waals surface area contributed by atoms with Crippen LogP contribution in [-0.2, 0) is 9.59 Å². The summed E-state index contributed by atoms with van der Waals surface area (Å²) in [5, 5.41) is 3.91. The molecule has 2 heterocycles. The molecule has 23 heavy (non-hydrogen) atoms. The van der Waals surface area contributed by atoms with E-state index in [2.05, 4.69) is 5.32 Å². The molecule has 0 bridgehead atoms. The van der Waals surface area contributed by atoms with E-state index in [0.717, 1.165) is 18.8 Å². The molecular weight excluding hydrogens is 337 g/mol. The first-order valence-electron chi connectivity index (χ1n) is 7.63. The molecule has 2 atom stereocenters. The molecular formula is C16H21Cl2N3O2. The molecule has 2 aliphatic heterocycles. The Kier molecular flexibility index (Phi) is 5.89. The number of halogens is 2. The molecule has 0 aromatic heterocycles. The van der Waals surface area contributed by atoms with Crippen LogP contribution in [0.25, 0.3) is 0 Å². The fourth-order valence-electron chi connectivity index (χ4n) is 3.15. The van der Waals surface area contributed by atoms with Crippen LogP contribution in [-0.4, -0.2) is 48.9 Å². The van der Waals surface area contributed by atoms with Crippen LogP contribution < -0.4 is 10.2 Å². The first kappa shape index (κ1) is 18.0. The zero-order chi connectivity index (χ0) is 15.7. The van der Waals surface area contributed by atoms with E-state index in [1.54, 1.807) is 17.0 Å². The van der Waals surface area contributed by atoms with Crippen LogP contribution in [0.1, 0.15) is 13.3 Å². The lowest BCUT2D eigenvalue weighted by molar-refractivity contribution is -0.138. The molecule has 0 spiro atoms. The molecule has 0 radical (unpaired) electrons. The third-order valence-corrected chi connectivity index (χ3v) is 4.65. The second-order valence-corrected chi connectivity index (χ2v) is 6.40. The number of hydrogen-bond donors (Lipinski definition) is 1. The lowest BCUT2D eigenvalue weighted by Crippen LogP contribution is -2.54. The first-order chi connectivity index (χ1) is 10.6. The fraction of sp³-hybridized carbons (Fsp3) is 0.500. The van der Waals surface area contributed by atoms with E-state index >= 15 is 0 Å². The van der Waals surface area contributed by atoms with Crippen LogP contribution in [0.4, 0.5) is 5.69 Å². The Balaban J connectivity index is 0.00000192. The van der Waals surface area contributed by atoms with Crippen LogP contribution >= 0.6 is 24.0 Å². The van der Waals surface area contributed by atoms with Gasteiger partial charge in [-0.3, -0.25) is 9.59 Å². The number of piperazine rings is 1. The quantitative estimate of drug-likeness (QED) is 0.879. The van der Waals surface area contributed by atoms with Crippen molar-refractivity contribution in [2.45, 2.75) is 19.4 Å². The molecule has 2 saturated heterocycles. The van der Waals surface area contributed by atoms with Crippen molar-refractivity contribution in [3.8, 4) is 0 Å². The van der Waals surface area contributed by atoms with Gasteiger partial charge in [0.2, 0.25) is 11.8 Å². The molecule has 3 rings (SSSR count). The molecule has 0 saturated carbocycles. The molecule has 0 aliphatic carbocycles. The maximum atomic E-state index is 12.7. The van der Waals surface area contributed by atoms with Crippen LogP contribution in [0, 0.1) is 5.92 Å². The van der Waals surface area contributed by atoms with Crippen molar-refractivity contribution < 1.29 is 9.59 Å². The Hall–Kier alpha value is -1.30. The Morgan fingerprint density at radius 2 is 2.00 bits per heavy atom. The van der Waals surface area contributed by atoms with Crippen LogP contribution in [0.15, 0.2) is 24.3 Å². The zero-order valence-corrected chi connectivity index (χ0v) is 14.6. The third kappa shape index (κ3) is 3.79. The molecule has 2 aliphatic rings. The summed E-state index contributed by atoms with van der Waals surface area (Å²) in [6.45, 7) is 4.84. The van der Waals surface area contributed by atoms with E-state index in [1.165, 1.54) is 0 Å². The van der Waals surface area contributed by atoms with Crippen LogP contribution in [0.2, 0.25) is 5.02 Å². The number of benzene rings is 1. The summed E-state index contributed by atoms with van der Waals surface area (Å²) in [4.78, 5) is 28.5. The van der Waals surface area contributed by atoms with Gasteiger partial charge in [-0.15, -0.1) is 12.4 Å².